The summed E-state index contributed by atoms with van der Waals surface area (Å²) in [6.45, 7) is 4.60. The molecule has 0 heterocycles. The fraction of sp³-hybridized carbons (Fsp3) is 0.727. The van der Waals surface area contributed by atoms with Gasteiger partial charge in [-0.3, -0.25) is 0 Å². The maximum atomic E-state index is 11.2. The lowest BCUT2D eigenvalue weighted by Gasteiger charge is -2.02. The Labute approximate surface area is 85.8 Å². The molecule has 0 aromatic heterocycles. The maximum Gasteiger partial charge on any atom is 0.330 e. The number of ether oxygens (including phenoxy) is 1. The molecule has 0 saturated heterocycles. The Hall–Kier alpha value is -0.830. The second-order valence-corrected chi connectivity index (χ2v) is 3.11. The molecular weight excluding hydrogens is 180 g/mol. The molecule has 0 spiro atoms. The van der Waals surface area contributed by atoms with Gasteiger partial charge in [0.2, 0.25) is 0 Å². The predicted molar refractivity (Wildman–Crippen MR) is 55.9 cm³/mol. The summed E-state index contributed by atoms with van der Waals surface area (Å²) in [4.78, 5) is 11.2. The van der Waals surface area contributed by atoms with E-state index in [4.69, 9.17) is 9.84 Å². The monoisotopic (exact) mass is 200 g/mol. The van der Waals surface area contributed by atoms with Gasteiger partial charge in [0.25, 0.3) is 0 Å². The third kappa shape index (κ3) is 6.66. The number of allylic oxidation sites excluding steroid dienone is 1. The van der Waals surface area contributed by atoms with E-state index in [2.05, 4.69) is 0 Å². The highest BCUT2D eigenvalue weighted by molar-refractivity contribution is 5.82. The van der Waals surface area contributed by atoms with E-state index in [9.17, 15) is 4.79 Å². The first-order valence-corrected chi connectivity index (χ1v) is 5.21. The molecule has 0 aliphatic carbocycles. The maximum absolute atomic E-state index is 11.2. The lowest BCUT2D eigenvalue weighted by atomic mass is 10.1. The van der Waals surface area contributed by atoms with Gasteiger partial charge in [0.1, 0.15) is 0 Å². The van der Waals surface area contributed by atoms with Crippen LogP contribution in [0.1, 0.15) is 39.5 Å². The molecule has 3 nitrogen and oxygen atoms in total. The minimum absolute atomic E-state index is 0.155. The van der Waals surface area contributed by atoms with E-state index in [1.165, 1.54) is 0 Å². The van der Waals surface area contributed by atoms with E-state index in [-0.39, 0.29) is 12.6 Å². The highest BCUT2D eigenvalue weighted by Gasteiger charge is 1.99. The molecule has 14 heavy (non-hydrogen) atoms. The largest absolute Gasteiger partial charge is 0.463 e. The lowest BCUT2D eigenvalue weighted by Crippen LogP contribution is -2.04. The van der Waals surface area contributed by atoms with E-state index in [0.29, 0.717) is 13.0 Å². The Bertz CT molecular complexity index is 179. The molecule has 0 aromatic carbocycles. The zero-order valence-corrected chi connectivity index (χ0v) is 9.08. The van der Waals surface area contributed by atoms with Crippen LogP contribution in [-0.2, 0) is 9.53 Å². The van der Waals surface area contributed by atoms with Gasteiger partial charge < -0.3 is 9.84 Å². The normalized spacial score (nSPS) is 9.64. The molecule has 3 heteroatoms. The van der Waals surface area contributed by atoms with Gasteiger partial charge in [0.05, 0.1) is 6.61 Å². The van der Waals surface area contributed by atoms with E-state index in [0.717, 1.165) is 24.8 Å². The standard InChI is InChI=1S/C11H20O3/c1-3-10(4-2)9-11(13)14-8-6-5-7-12/h9,12H,3-8H2,1-2H3. The summed E-state index contributed by atoms with van der Waals surface area (Å²) < 4.78 is 4.95. The number of aliphatic hydroxyl groups is 1. The highest BCUT2D eigenvalue weighted by atomic mass is 16.5. The molecule has 0 rings (SSSR count). The molecule has 82 valence electrons. The van der Waals surface area contributed by atoms with Gasteiger partial charge in [-0.25, -0.2) is 4.79 Å². The summed E-state index contributed by atoms with van der Waals surface area (Å²) in [5, 5.41) is 8.50. The fourth-order valence-electron chi connectivity index (χ4n) is 1.05. The summed E-state index contributed by atoms with van der Waals surface area (Å²) in [6.07, 6.45) is 4.76. The zero-order valence-electron chi connectivity index (χ0n) is 9.08. The van der Waals surface area contributed by atoms with Gasteiger partial charge in [-0.15, -0.1) is 0 Å². The quantitative estimate of drug-likeness (QED) is 0.388. The molecular formula is C11H20O3. The van der Waals surface area contributed by atoms with Crippen molar-refractivity contribution in [1.29, 1.82) is 0 Å². The molecule has 0 bridgehead atoms. The van der Waals surface area contributed by atoms with E-state index < -0.39 is 0 Å². The van der Waals surface area contributed by atoms with Crippen LogP contribution in [-0.4, -0.2) is 24.3 Å². The second kappa shape index (κ2) is 8.75. The van der Waals surface area contributed by atoms with Crippen molar-refractivity contribution in [3.05, 3.63) is 11.6 Å². The van der Waals surface area contributed by atoms with Crippen molar-refractivity contribution >= 4 is 5.97 Å². The van der Waals surface area contributed by atoms with Gasteiger partial charge in [-0.1, -0.05) is 19.4 Å². The molecule has 0 unspecified atom stereocenters. The Morgan fingerprint density at radius 1 is 1.29 bits per heavy atom. The van der Waals surface area contributed by atoms with E-state index in [1.807, 2.05) is 13.8 Å². The summed E-state index contributed by atoms with van der Waals surface area (Å²) >= 11 is 0. The topological polar surface area (TPSA) is 46.5 Å². The van der Waals surface area contributed by atoms with Crippen LogP contribution in [0.15, 0.2) is 11.6 Å². The number of carbonyl (C=O) groups is 1. The lowest BCUT2D eigenvalue weighted by molar-refractivity contribution is -0.138. The number of hydrogen-bond acceptors (Lipinski definition) is 3. The Morgan fingerprint density at radius 2 is 1.93 bits per heavy atom. The first-order valence-electron chi connectivity index (χ1n) is 5.21. The number of rotatable bonds is 7. The molecule has 0 fully saturated rings. The van der Waals surface area contributed by atoms with Gasteiger partial charge >= 0.3 is 5.97 Å². The SMILES string of the molecule is CCC(=CC(=O)OCCCCO)CC. The number of hydrogen-bond donors (Lipinski definition) is 1. The highest BCUT2D eigenvalue weighted by Crippen LogP contribution is 2.05. The van der Waals surface area contributed by atoms with Gasteiger partial charge in [-0.05, 0) is 25.7 Å². The third-order valence-corrected chi connectivity index (χ3v) is 2.03. The van der Waals surface area contributed by atoms with Crippen LogP contribution in [0.4, 0.5) is 0 Å². The summed E-state index contributed by atoms with van der Waals surface area (Å²) in [5.74, 6) is -0.262. The smallest absolute Gasteiger partial charge is 0.330 e. The van der Waals surface area contributed by atoms with Gasteiger partial charge in [0, 0.05) is 12.7 Å². The number of unbranched alkanes of at least 4 members (excludes halogenated alkanes) is 1. The molecule has 0 aliphatic rings. The van der Waals surface area contributed by atoms with Crippen molar-refractivity contribution in [1.82, 2.24) is 0 Å². The zero-order chi connectivity index (χ0) is 10.8. The predicted octanol–water partition coefficient (Wildman–Crippen LogP) is 2.05. The average molecular weight is 200 g/mol. The average Bonchev–Trinajstić information content (AvgIpc) is 2.21. The van der Waals surface area contributed by atoms with Crippen LogP contribution in [0.3, 0.4) is 0 Å². The molecule has 0 saturated carbocycles. The molecule has 1 N–H and O–H groups in total. The number of aliphatic hydroxyl groups excluding tert-OH is 1. The van der Waals surface area contributed by atoms with E-state index in [1.54, 1.807) is 6.08 Å². The molecule has 0 atom stereocenters. The third-order valence-electron chi connectivity index (χ3n) is 2.03. The first-order chi connectivity index (χ1) is 6.74. The Kier molecular flexibility index (Phi) is 8.24. The van der Waals surface area contributed by atoms with Crippen LogP contribution in [0.5, 0.6) is 0 Å². The van der Waals surface area contributed by atoms with Crippen molar-refractivity contribution in [2.24, 2.45) is 0 Å². The first kappa shape index (κ1) is 13.2. The van der Waals surface area contributed by atoms with Crippen LogP contribution in [0, 0.1) is 0 Å². The van der Waals surface area contributed by atoms with Gasteiger partial charge in [0.15, 0.2) is 0 Å². The van der Waals surface area contributed by atoms with Crippen LogP contribution in [0.2, 0.25) is 0 Å². The molecule has 0 radical (unpaired) electrons. The molecule has 0 aromatic rings. The minimum atomic E-state index is -0.262. The minimum Gasteiger partial charge on any atom is -0.463 e. The fourth-order valence-corrected chi connectivity index (χ4v) is 1.05. The molecule has 0 amide bonds. The van der Waals surface area contributed by atoms with Crippen molar-refractivity contribution in [2.45, 2.75) is 39.5 Å². The van der Waals surface area contributed by atoms with Crippen molar-refractivity contribution in [3.8, 4) is 0 Å². The second-order valence-electron chi connectivity index (χ2n) is 3.11. The van der Waals surface area contributed by atoms with Crippen molar-refractivity contribution < 1.29 is 14.6 Å². The van der Waals surface area contributed by atoms with Crippen LogP contribution >= 0.6 is 0 Å². The molecule has 0 aliphatic heterocycles. The number of esters is 1. The summed E-state index contributed by atoms with van der Waals surface area (Å²) in [6, 6.07) is 0. The Balaban J connectivity index is 3.68. The number of carbonyl (C=O) groups excluding carboxylic acids is 1. The van der Waals surface area contributed by atoms with Crippen molar-refractivity contribution in [2.75, 3.05) is 13.2 Å². The van der Waals surface area contributed by atoms with Gasteiger partial charge in [-0.2, -0.15) is 0 Å². The van der Waals surface area contributed by atoms with E-state index >= 15 is 0 Å². The summed E-state index contributed by atoms with van der Waals surface area (Å²) in [5.41, 5.74) is 1.11. The van der Waals surface area contributed by atoms with Crippen molar-refractivity contribution in [3.63, 3.8) is 0 Å². The Morgan fingerprint density at radius 3 is 2.43 bits per heavy atom. The van der Waals surface area contributed by atoms with Crippen LogP contribution < -0.4 is 0 Å². The van der Waals surface area contributed by atoms with Crippen LogP contribution in [0.25, 0.3) is 0 Å². The summed E-state index contributed by atoms with van der Waals surface area (Å²) in [7, 11) is 0.